The van der Waals surface area contributed by atoms with Gasteiger partial charge in [0, 0.05) is 32.1 Å². The molecule has 1 fully saturated rings. The summed E-state index contributed by atoms with van der Waals surface area (Å²) < 4.78 is 5.66. The third-order valence-electron chi connectivity index (χ3n) is 4.72. The molecule has 5 heteroatoms. The highest BCUT2D eigenvalue weighted by molar-refractivity contribution is 5.75. The summed E-state index contributed by atoms with van der Waals surface area (Å²) in [4.78, 5) is 18.5. The van der Waals surface area contributed by atoms with Crippen LogP contribution >= 0.6 is 0 Å². The number of hydrogen-bond donors (Lipinski definition) is 1. The number of pyridine rings is 1. The van der Waals surface area contributed by atoms with Crippen LogP contribution in [0.1, 0.15) is 36.4 Å². The van der Waals surface area contributed by atoms with Crippen molar-refractivity contribution < 1.29 is 9.53 Å². The monoisotopic (exact) mass is 353 g/mol. The average Bonchev–Trinajstić information content (AvgIpc) is 3.18. The van der Waals surface area contributed by atoms with Crippen LogP contribution in [0.5, 0.6) is 0 Å². The minimum Gasteiger partial charge on any atom is -0.381 e. The summed E-state index contributed by atoms with van der Waals surface area (Å²) in [5.41, 5.74) is 2.45. The van der Waals surface area contributed by atoms with Crippen molar-refractivity contribution >= 4 is 6.03 Å². The number of ether oxygens (including phenoxy) is 1. The average molecular weight is 353 g/mol. The fourth-order valence-electron chi connectivity index (χ4n) is 3.35. The Labute approximate surface area is 155 Å². The van der Waals surface area contributed by atoms with Crippen molar-refractivity contribution in [1.82, 2.24) is 15.2 Å². The van der Waals surface area contributed by atoms with Gasteiger partial charge in [0.25, 0.3) is 0 Å². The van der Waals surface area contributed by atoms with Gasteiger partial charge in [-0.15, -0.1) is 0 Å². The number of nitrogens with zero attached hydrogens (tertiary/aromatic N) is 2. The normalized spacial score (nSPS) is 16.6. The molecule has 1 saturated heterocycles. The van der Waals surface area contributed by atoms with Gasteiger partial charge < -0.3 is 15.0 Å². The third-order valence-corrected chi connectivity index (χ3v) is 4.72. The molecule has 1 aromatic carbocycles. The Bertz CT molecular complexity index is 663. The molecule has 138 valence electrons. The first-order valence-corrected chi connectivity index (χ1v) is 9.40. The Morgan fingerprint density at radius 3 is 2.77 bits per heavy atom. The second-order valence-corrected chi connectivity index (χ2v) is 6.57. The molecule has 26 heavy (non-hydrogen) atoms. The molecule has 2 amide bonds. The molecule has 1 N–H and O–H groups in total. The number of carbonyl (C=O) groups excluding carboxylic acids is 1. The fourth-order valence-corrected chi connectivity index (χ4v) is 3.35. The second kappa shape index (κ2) is 9.92. The maximum Gasteiger partial charge on any atom is 0.317 e. The van der Waals surface area contributed by atoms with E-state index in [1.165, 1.54) is 5.56 Å². The van der Waals surface area contributed by atoms with E-state index in [4.69, 9.17) is 4.74 Å². The van der Waals surface area contributed by atoms with Crippen LogP contribution in [0.25, 0.3) is 0 Å². The Morgan fingerprint density at radius 1 is 1.15 bits per heavy atom. The minimum absolute atomic E-state index is 0.0218. The number of hydrogen-bond acceptors (Lipinski definition) is 3. The highest BCUT2D eigenvalue weighted by atomic mass is 16.5. The summed E-state index contributed by atoms with van der Waals surface area (Å²) >= 11 is 0. The Hall–Kier alpha value is -2.40. The summed E-state index contributed by atoms with van der Waals surface area (Å²) in [5.74, 6) is 0. The van der Waals surface area contributed by atoms with Crippen LogP contribution in [-0.4, -0.2) is 42.2 Å². The van der Waals surface area contributed by atoms with Crippen LogP contribution in [0.15, 0.2) is 54.9 Å². The predicted molar refractivity (Wildman–Crippen MR) is 102 cm³/mol. The summed E-state index contributed by atoms with van der Waals surface area (Å²) in [6, 6.07) is 14.5. The highest BCUT2D eigenvalue weighted by Crippen LogP contribution is 2.31. The van der Waals surface area contributed by atoms with E-state index in [2.05, 4.69) is 22.4 Å². The smallest absolute Gasteiger partial charge is 0.317 e. The quantitative estimate of drug-likeness (QED) is 0.738. The van der Waals surface area contributed by atoms with E-state index in [1.54, 1.807) is 12.4 Å². The van der Waals surface area contributed by atoms with Gasteiger partial charge in [-0.1, -0.05) is 30.3 Å². The van der Waals surface area contributed by atoms with E-state index in [0.717, 1.165) is 37.8 Å². The summed E-state index contributed by atoms with van der Waals surface area (Å²) in [6.45, 7) is 2.84. The van der Waals surface area contributed by atoms with Crippen molar-refractivity contribution in [3.8, 4) is 0 Å². The van der Waals surface area contributed by atoms with E-state index >= 15 is 0 Å². The van der Waals surface area contributed by atoms with Gasteiger partial charge in [-0.05, 0) is 48.9 Å². The van der Waals surface area contributed by atoms with Gasteiger partial charge in [0.2, 0.25) is 0 Å². The molecule has 1 aliphatic heterocycles. The van der Waals surface area contributed by atoms with Crippen LogP contribution < -0.4 is 5.32 Å². The van der Waals surface area contributed by atoms with E-state index in [-0.39, 0.29) is 12.1 Å². The fraction of sp³-hybridized carbons (Fsp3) is 0.429. The molecule has 1 aromatic heterocycles. The molecule has 0 aliphatic carbocycles. The first-order chi connectivity index (χ1) is 12.8. The van der Waals surface area contributed by atoms with Crippen LogP contribution in [0.2, 0.25) is 0 Å². The van der Waals surface area contributed by atoms with Gasteiger partial charge >= 0.3 is 6.03 Å². The van der Waals surface area contributed by atoms with Gasteiger partial charge in [0.05, 0.1) is 12.6 Å². The zero-order chi connectivity index (χ0) is 18.0. The lowest BCUT2D eigenvalue weighted by Crippen LogP contribution is -2.40. The molecular weight excluding hydrogens is 326 g/mol. The van der Waals surface area contributed by atoms with Gasteiger partial charge in [-0.2, -0.15) is 0 Å². The Balaban J connectivity index is 1.31. The largest absolute Gasteiger partial charge is 0.381 e. The van der Waals surface area contributed by atoms with E-state index in [0.29, 0.717) is 19.8 Å². The number of carbonyl (C=O) groups is 1. The minimum atomic E-state index is 0.0218. The topological polar surface area (TPSA) is 54.5 Å². The molecule has 0 radical (unpaired) electrons. The van der Waals surface area contributed by atoms with E-state index in [9.17, 15) is 4.79 Å². The summed E-state index contributed by atoms with van der Waals surface area (Å²) in [6.07, 6.45) is 7.39. The number of urea groups is 1. The SMILES string of the molecule is O=C(NCCCOCCc1ccccc1)N1CCC[C@@H]1c1ccncc1. The van der Waals surface area contributed by atoms with Gasteiger partial charge in [0.1, 0.15) is 0 Å². The number of benzene rings is 1. The second-order valence-electron chi connectivity index (χ2n) is 6.57. The van der Waals surface area contributed by atoms with Crippen molar-refractivity contribution in [3.63, 3.8) is 0 Å². The number of amides is 2. The first-order valence-electron chi connectivity index (χ1n) is 9.40. The van der Waals surface area contributed by atoms with Gasteiger partial charge in [0.15, 0.2) is 0 Å². The van der Waals surface area contributed by atoms with Crippen LogP contribution in [0, 0.1) is 0 Å². The van der Waals surface area contributed by atoms with E-state index < -0.39 is 0 Å². The molecule has 2 heterocycles. The van der Waals surface area contributed by atoms with Gasteiger partial charge in [-0.3, -0.25) is 4.98 Å². The lowest BCUT2D eigenvalue weighted by Gasteiger charge is -2.25. The molecule has 3 rings (SSSR count). The first kappa shape index (κ1) is 18.4. The highest BCUT2D eigenvalue weighted by Gasteiger charge is 2.29. The summed E-state index contributed by atoms with van der Waals surface area (Å²) in [5, 5.41) is 3.02. The van der Waals surface area contributed by atoms with Crippen LogP contribution in [0.4, 0.5) is 4.79 Å². The molecule has 0 unspecified atom stereocenters. The van der Waals surface area contributed by atoms with Crippen molar-refractivity contribution in [2.75, 3.05) is 26.3 Å². The summed E-state index contributed by atoms with van der Waals surface area (Å²) in [7, 11) is 0. The molecule has 1 aliphatic rings. The van der Waals surface area contributed by atoms with Crippen molar-refractivity contribution in [2.45, 2.75) is 31.7 Å². The van der Waals surface area contributed by atoms with Crippen molar-refractivity contribution in [2.24, 2.45) is 0 Å². The standard InChI is InChI=1S/C21H27N3O2/c25-21(24-15-4-8-20(24)19-9-13-22-14-10-19)23-12-5-16-26-17-11-18-6-2-1-3-7-18/h1-3,6-7,9-10,13-14,20H,4-5,8,11-12,15-17H2,(H,23,25)/t20-/m1/s1. The van der Waals surface area contributed by atoms with Crippen molar-refractivity contribution in [1.29, 1.82) is 0 Å². The number of nitrogens with one attached hydrogen (secondary N) is 1. The van der Waals surface area contributed by atoms with Crippen LogP contribution in [-0.2, 0) is 11.2 Å². The number of rotatable bonds is 8. The van der Waals surface area contributed by atoms with Crippen LogP contribution in [0.3, 0.4) is 0 Å². The molecule has 5 nitrogen and oxygen atoms in total. The molecule has 0 saturated carbocycles. The van der Waals surface area contributed by atoms with Gasteiger partial charge in [-0.25, -0.2) is 4.79 Å². The Kier molecular flexibility index (Phi) is 7.02. The Morgan fingerprint density at radius 2 is 1.96 bits per heavy atom. The van der Waals surface area contributed by atoms with E-state index in [1.807, 2.05) is 35.2 Å². The van der Waals surface area contributed by atoms with Crippen molar-refractivity contribution in [3.05, 3.63) is 66.0 Å². The molecule has 2 aromatic rings. The third kappa shape index (κ3) is 5.30. The number of aromatic nitrogens is 1. The maximum atomic E-state index is 12.5. The molecule has 1 atom stereocenters. The molecule has 0 spiro atoms. The molecule has 0 bridgehead atoms. The zero-order valence-corrected chi connectivity index (χ0v) is 15.1. The lowest BCUT2D eigenvalue weighted by atomic mass is 10.1. The predicted octanol–water partition coefficient (Wildman–Crippen LogP) is 3.58. The number of likely N-dealkylation sites (tertiary alicyclic amines) is 1. The lowest BCUT2D eigenvalue weighted by molar-refractivity contribution is 0.134. The zero-order valence-electron chi connectivity index (χ0n) is 15.1. The molecular formula is C21H27N3O2. The maximum absolute atomic E-state index is 12.5.